The van der Waals surface area contributed by atoms with Gasteiger partial charge in [0.15, 0.2) is 0 Å². The molecule has 2 heterocycles. The number of allylic oxidation sites excluding steroid dienone is 2. The third-order valence-electron chi connectivity index (χ3n) is 10.4. The Kier molecular flexibility index (Phi) is 9.10. The van der Waals surface area contributed by atoms with Crippen LogP contribution in [0.25, 0.3) is 0 Å². The number of methoxy groups -OCH3 is 1. The predicted octanol–water partition coefficient (Wildman–Crippen LogP) is 4.93. The van der Waals surface area contributed by atoms with Crippen molar-refractivity contribution in [1.82, 2.24) is 4.90 Å². The Labute approximate surface area is 254 Å². The molecule has 5 fully saturated rings. The summed E-state index contributed by atoms with van der Waals surface area (Å²) in [7, 11) is 1.61. The summed E-state index contributed by atoms with van der Waals surface area (Å²) in [4.78, 5) is 40.9. The van der Waals surface area contributed by atoms with Crippen LogP contribution in [0.15, 0.2) is 17.7 Å². The lowest BCUT2D eigenvalue weighted by Gasteiger charge is -2.53. The molecule has 234 valence electrons. The third kappa shape index (κ3) is 6.48. The smallest absolute Gasteiger partial charge is 0.342 e. The molecule has 6 aliphatic rings. The predicted molar refractivity (Wildman–Crippen MR) is 157 cm³/mol. The number of carbonyl (C=O) groups is 3. The lowest BCUT2D eigenvalue weighted by Crippen LogP contribution is -2.48. The van der Waals surface area contributed by atoms with Crippen LogP contribution in [0.5, 0.6) is 5.75 Å². The maximum atomic E-state index is 13.5. The van der Waals surface area contributed by atoms with Gasteiger partial charge in [0.1, 0.15) is 12.4 Å². The van der Waals surface area contributed by atoms with Gasteiger partial charge in [-0.1, -0.05) is 11.6 Å². The van der Waals surface area contributed by atoms with Gasteiger partial charge < -0.3 is 23.7 Å². The number of hydrogen-bond donors (Lipinski definition) is 0. The first-order chi connectivity index (χ1) is 20.8. The minimum absolute atomic E-state index is 0.0906. The van der Waals surface area contributed by atoms with E-state index in [0.29, 0.717) is 54.6 Å². The van der Waals surface area contributed by atoms with Crippen LogP contribution >= 0.6 is 0 Å². The molecule has 0 radical (unpaired) electrons. The van der Waals surface area contributed by atoms with E-state index in [0.717, 1.165) is 87.1 Å². The van der Waals surface area contributed by atoms with Crippen molar-refractivity contribution in [1.29, 1.82) is 0 Å². The van der Waals surface area contributed by atoms with Gasteiger partial charge in [0.05, 0.1) is 37.4 Å². The second-order valence-electron chi connectivity index (χ2n) is 13.2. The Bertz CT molecular complexity index is 1240. The lowest BCUT2D eigenvalue weighted by molar-refractivity contribution is -0.185. The largest absolute Gasteiger partial charge is 0.496 e. The first-order valence-corrected chi connectivity index (χ1v) is 16.0. The Morgan fingerprint density at radius 1 is 1.05 bits per heavy atom. The van der Waals surface area contributed by atoms with Gasteiger partial charge in [-0.15, -0.1) is 0 Å². The van der Waals surface area contributed by atoms with Crippen molar-refractivity contribution in [2.75, 3.05) is 46.6 Å². The summed E-state index contributed by atoms with van der Waals surface area (Å²) in [5, 5.41) is 0. The fourth-order valence-corrected chi connectivity index (χ4v) is 8.46. The molecular formula is C34H45NO8. The zero-order valence-electron chi connectivity index (χ0n) is 25.7. The van der Waals surface area contributed by atoms with Crippen LogP contribution in [0.2, 0.25) is 0 Å². The van der Waals surface area contributed by atoms with Crippen molar-refractivity contribution in [3.63, 3.8) is 0 Å². The highest BCUT2D eigenvalue weighted by Crippen LogP contribution is 2.57. The first-order valence-electron chi connectivity index (χ1n) is 16.0. The average Bonchev–Trinajstić information content (AvgIpc) is 3.29. The van der Waals surface area contributed by atoms with Crippen LogP contribution in [0.1, 0.15) is 85.2 Å². The number of esters is 3. The number of nitrogens with zero attached hydrogens (tertiary/aromatic N) is 1. The number of morpholine rings is 1. The highest BCUT2D eigenvalue weighted by atomic mass is 16.7. The second-order valence-corrected chi connectivity index (χ2v) is 13.2. The molecule has 4 aliphatic carbocycles. The van der Waals surface area contributed by atoms with E-state index in [1.54, 1.807) is 13.2 Å². The quantitative estimate of drug-likeness (QED) is 0.260. The molecule has 9 heteroatoms. The maximum Gasteiger partial charge on any atom is 0.342 e. The maximum absolute atomic E-state index is 13.5. The molecule has 7 rings (SSSR count). The first kappa shape index (κ1) is 30.1. The van der Waals surface area contributed by atoms with Crippen molar-refractivity contribution >= 4 is 17.9 Å². The molecular weight excluding hydrogens is 550 g/mol. The lowest BCUT2D eigenvalue weighted by atomic mass is 9.52. The minimum atomic E-state index is -1.04. The van der Waals surface area contributed by atoms with Crippen molar-refractivity contribution in [2.24, 2.45) is 29.6 Å². The highest BCUT2D eigenvalue weighted by Gasteiger charge is 2.52. The van der Waals surface area contributed by atoms with Gasteiger partial charge in [-0.25, -0.2) is 4.79 Å². The number of carbonyl (C=O) groups excluding carboxylic acids is 3. The van der Waals surface area contributed by atoms with Crippen LogP contribution in [0.3, 0.4) is 0 Å². The monoisotopic (exact) mass is 595 g/mol. The van der Waals surface area contributed by atoms with E-state index >= 15 is 0 Å². The molecule has 0 amide bonds. The van der Waals surface area contributed by atoms with Crippen molar-refractivity contribution < 1.29 is 38.1 Å². The standard InChI is InChI=1S/C34H45NO8/c1-20(5-7-28(36)41-13-10-35-8-11-40-12-9-35)4-6-24-19-27-29(21(2)31(24)39-3)34(42-32(27)37)43-33(38)30-25-15-22-14-23(17-25)18-26(30)16-22/h4,19,22-23,25-26,30,34H,5-18H2,1-3H3/b20-4+. The average molecular weight is 596 g/mol. The van der Waals surface area contributed by atoms with Crippen molar-refractivity contribution in [3.8, 4) is 5.75 Å². The van der Waals surface area contributed by atoms with Crippen LogP contribution in [0.4, 0.5) is 0 Å². The van der Waals surface area contributed by atoms with Gasteiger partial charge in [0, 0.05) is 31.6 Å². The molecule has 4 saturated carbocycles. The normalized spacial score (nSPS) is 29.7. The van der Waals surface area contributed by atoms with Gasteiger partial charge >= 0.3 is 17.9 Å². The number of benzene rings is 1. The molecule has 43 heavy (non-hydrogen) atoms. The van der Waals surface area contributed by atoms with Crippen LogP contribution in [-0.4, -0.2) is 69.4 Å². The number of hydrogen-bond acceptors (Lipinski definition) is 9. The van der Waals surface area contributed by atoms with Crippen LogP contribution in [-0.2, 0) is 35.0 Å². The molecule has 1 unspecified atom stereocenters. The van der Waals surface area contributed by atoms with E-state index in [4.69, 9.17) is 23.7 Å². The summed E-state index contributed by atoms with van der Waals surface area (Å²) < 4.78 is 28.1. The summed E-state index contributed by atoms with van der Waals surface area (Å²) in [5.41, 5.74) is 3.65. The van der Waals surface area contributed by atoms with E-state index in [9.17, 15) is 14.4 Å². The molecule has 9 nitrogen and oxygen atoms in total. The summed E-state index contributed by atoms with van der Waals surface area (Å²) in [5.74, 6) is 1.97. The van der Waals surface area contributed by atoms with Gasteiger partial charge in [-0.3, -0.25) is 14.5 Å². The fraction of sp³-hybridized carbons (Fsp3) is 0.676. The summed E-state index contributed by atoms with van der Waals surface area (Å²) in [6, 6.07) is 1.80. The Balaban J connectivity index is 1.06. The SMILES string of the molecule is COc1c(C/C=C(\C)CCC(=O)OCCN2CCOCC2)cc2c(c1C)C(OC(=O)C1C3CC4CC(C3)CC1C4)OC2=O. The number of fused-ring (bicyclic) bond motifs is 1. The molecule has 0 spiro atoms. The van der Waals surface area contributed by atoms with Crippen LogP contribution < -0.4 is 4.74 Å². The minimum Gasteiger partial charge on any atom is -0.496 e. The van der Waals surface area contributed by atoms with Crippen LogP contribution in [0, 0.1) is 36.5 Å². The topological polar surface area (TPSA) is 101 Å². The van der Waals surface area contributed by atoms with E-state index in [1.165, 1.54) is 6.42 Å². The van der Waals surface area contributed by atoms with Gasteiger partial charge in [-0.05, 0) is 94.1 Å². The van der Waals surface area contributed by atoms with Crippen molar-refractivity contribution in [3.05, 3.63) is 40.0 Å². The van der Waals surface area contributed by atoms with Gasteiger partial charge in [-0.2, -0.15) is 0 Å². The van der Waals surface area contributed by atoms with E-state index in [-0.39, 0.29) is 17.9 Å². The number of ether oxygens (including phenoxy) is 5. The second kappa shape index (κ2) is 13.0. The molecule has 4 bridgehead atoms. The van der Waals surface area contributed by atoms with E-state index in [1.807, 2.05) is 13.8 Å². The van der Waals surface area contributed by atoms with Gasteiger partial charge in [0.2, 0.25) is 0 Å². The summed E-state index contributed by atoms with van der Waals surface area (Å²) >= 11 is 0. The van der Waals surface area contributed by atoms with Gasteiger partial charge in [0.25, 0.3) is 6.29 Å². The Morgan fingerprint density at radius 2 is 1.74 bits per heavy atom. The van der Waals surface area contributed by atoms with Crippen molar-refractivity contribution in [2.45, 2.75) is 71.5 Å². The molecule has 1 saturated heterocycles. The molecule has 1 aromatic carbocycles. The molecule has 0 aromatic heterocycles. The third-order valence-corrected chi connectivity index (χ3v) is 10.4. The fourth-order valence-electron chi connectivity index (χ4n) is 8.46. The molecule has 1 aromatic rings. The zero-order chi connectivity index (χ0) is 30.1. The zero-order valence-corrected chi connectivity index (χ0v) is 25.7. The molecule has 0 N–H and O–H groups in total. The Morgan fingerprint density at radius 3 is 2.42 bits per heavy atom. The number of rotatable bonds is 11. The summed E-state index contributed by atoms with van der Waals surface area (Å²) in [6.07, 6.45) is 8.24. The summed E-state index contributed by atoms with van der Waals surface area (Å²) in [6.45, 7) is 8.19. The van der Waals surface area contributed by atoms with E-state index in [2.05, 4.69) is 11.0 Å². The van der Waals surface area contributed by atoms with E-state index < -0.39 is 12.3 Å². The number of cyclic esters (lactones) is 1. The molecule has 2 aliphatic heterocycles. The Hall–Kier alpha value is -2.91. The highest BCUT2D eigenvalue weighted by molar-refractivity contribution is 5.95. The molecule has 1 atom stereocenters.